The van der Waals surface area contributed by atoms with Crippen LogP contribution in [0.15, 0.2) is 46.9 Å². The number of hydrogen-bond acceptors (Lipinski definition) is 10. The van der Waals surface area contributed by atoms with E-state index in [2.05, 4.69) is 27.0 Å². The number of ether oxygens (including phenoxy) is 1. The first-order chi connectivity index (χ1) is 17.9. The highest BCUT2D eigenvalue weighted by molar-refractivity contribution is 7.92. The van der Waals surface area contributed by atoms with Gasteiger partial charge in [-0.05, 0) is 58.2 Å². The summed E-state index contributed by atoms with van der Waals surface area (Å²) in [7, 11) is -1.35. The van der Waals surface area contributed by atoms with E-state index in [1.54, 1.807) is 12.3 Å². The second-order valence-corrected chi connectivity index (χ2v) is 13.6. The molecular weight excluding hydrogens is 524 g/mol. The number of sulfone groups is 1. The Kier molecular flexibility index (Phi) is 6.74. The first-order valence-electron chi connectivity index (χ1n) is 12.2. The molecule has 3 aromatic heterocycles. The van der Waals surface area contributed by atoms with Crippen LogP contribution in [0.3, 0.4) is 0 Å². The van der Waals surface area contributed by atoms with Gasteiger partial charge >= 0.3 is 6.09 Å². The molecule has 0 unspecified atom stereocenters. The van der Waals surface area contributed by atoms with Crippen molar-refractivity contribution < 1.29 is 17.9 Å². The SMILES string of the molecule is CN1CCN(c2cccc(-c3cn(C(=O)OC(C)(C)C)c4ccc(-c5nnc(S(C)(=O)=O)s5)cc34)n2)CC1. The van der Waals surface area contributed by atoms with Gasteiger partial charge in [-0.2, -0.15) is 0 Å². The minimum absolute atomic E-state index is 0.0410. The van der Waals surface area contributed by atoms with Crippen LogP contribution in [0, 0.1) is 0 Å². The molecule has 12 heteroatoms. The van der Waals surface area contributed by atoms with Crippen LogP contribution in [0.5, 0.6) is 0 Å². The van der Waals surface area contributed by atoms with E-state index in [9.17, 15) is 13.2 Å². The number of likely N-dealkylation sites (N-methyl/N-ethyl adjacent to an activating group) is 1. The third-order valence-corrected chi connectivity index (χ3v) is 8.84. The molecule has 0 bridgehead atoms. The van der Waals surface area contributed by atoms with Crippen molar-refractivity contribution in [2.45, 2.75) is 30.7 Å². The van der Waals surface area contributed by atoms with E-state index >= 15 is 0 Å². The van der Waals surface area contributed by atoms with Gasteiger partial charge in [-0.3, -0.25) is 4.57 Å². The summed E-state index contributed by atoms with van der Waals surface area (Å²) < 4.78 is 31.0. The monoisotopic (exact) mass is 554 g/mol. The molecule has 0 amide bonds. The fourth-order valence-corrected chi connectivity index (χ4v) is 5.90. The number of benzene rings is 1. The molecule has 0 aliphatic carbocycles. The lowest BCUT2D eigenvalue weighted by atomic mass is 10.1. The van der Waals surface area contributed by atoms with Gasteiger partial charge in [0.15, 0.2) is 0 Å². The quantitative estimate of drug-likeness (QED) is 0.367. The van der Waals surface area contributed by atoms with Crippen LogP contribution in [0.25, 0.3) is 32.7 Å². The zero-order valence-corrected chi connectivity index (χ0v) is 23.6. The van der Waals surface area contributed by atoms with Crippen molar-refractivity contribution in [3.8, 4) is 21.8 Å². The molecule has 1 fully saturated rings. The highest BCUT2D eigenvalue weighted by Crippen LogP contribution is 2.35. The van der Waals surface area contributed by atoms with E-state index in [0.29, 0.717) is 16.1 Å². The van der Waals surface area contributed by atoms with Crippen LogP contribution < -0.4 is 4.90 Å². The normalized spacial score (nSPS) is 15.2. The molecule has 10 nitrogen and oxygen atoms in total. The maximum absolute atomic E-state index is 13.2. The highest BCUT2D eigenvalue weighted by atomic mass is 32.2. The largest absolute Gasteiger partial charge is 0.443 e. The zero-order chi connectivity index (χ0) is 27.2. The lowest BCUT2D eigenvalue weighted by Gasteiger charge is -2.33. The molecule has 0 saturated carbocycles. The van der Waals surface area contributed by atoms with E-state index in [0.717, 1.165) is 66.2 Å². The summed E-state index contributed by atoms with van der Waals surface area (Å²) >= 11 is 1.01. The minimum atomic E-state index is -3.47. The Balaban J connectivity index is 1.62. The second kappa shape index (κ2) is 9.75. The number of carbonyl (C=O) groups is 1. The number of rotatable bonds is 4. The summed E-state index contributed by atoms with van der Waals surface area (Å²) in [4.78, 5) is 22.7. The van der Waals surface area contributed by atoms with Crippen molar-refractivity contribution in [1.29, 1.82) is 0 Å². The average Bonchev–Trinajstić information content (AvgIpc) is 3.49. The van der Waals surface area contributed by atoms with E-state index in [1.807, 2.05) is 51.1 Å². The molecule has 0 atom stereocenters. The Bertz CT molecular complexity index is 1610. The van der Waals surface area contributed by atoms with Crippen LogP contribution in [-0.2, 0) is 14.6 Å². The van der Waals surface area contributed by atoms with Crippen LogP contribution >= 0.6 is 11.3 Å². The molecule has 4 heterocycles. The summed E-state index contributed by atoms with van der Waals surface area (Å²) in [5, 5.41) is 9.19. The first kappa shape index (κ1) is 26.3. The molecule has 0 radical (unpaired) electrons. The van der Waals surface area contributed by atoms with E-state index in [1.165, 1.54) is 4.57 Å². The number of hydrogen-bond donors (Lipinski definition) is 0. The molecule has 1 aliphatic rings. The molecule has 0 spiro atoms. The van der Waals surface area contributed by atoms with Crippen molar-refractivity contribution in [2.75, 3.05) is 44.4 Å². The molecule has 1 aliphatic heterocycles. The van der Waals surface area contributed by atoms with Crippen molar-refractivity contribution in [2.24, 2.45) is 0 Å². The van der Waals surface area contributed by atoms with Gasteiger partial charge in [0, 0.05) is 55.1 Å². The molecule has 38 heavy (non-hydrogen) atoms. The molecule has 5 rings (SSSR count). The zero-order valence-electron chi connectivity index (χ0n) is 22.0. The van der Waals surface area contributed by atoms with Crippen LogP contribution in [0.2, 0.25) is 0 Å². The molecular formula is C26H30N6O4S2. The minimum Gasteiger partial charge on any atom is -0.443 e. The van der Waals surface area contributed by atoms with E-state index in [4.69, 9.17) is 9.72 Å². The fraction of sp³-hybridized carbons (Fsp3) is 0.385. The maximum Gasteiger partial charge on any atom is 0.419 e. The third kappa shape index (κ3) is 5.42. The van der Waals surface area contributed by atoms with Crippen molar-refractivity contribution in [1.82, 2.24) is 24.6 Å². The first-order valence-corrected chi connectivity index (χ1v) is 14.9. The summed E-state index contributed by atoms with van der Waals surface area (Å²) in [6, 6.07) is 11.4. The number of pyridine rings is 1. The average molecular weight is 555 g/mol. The predicted molar refractivity (Wildman–Crippen MR) is 149 cm³/mol. The lowest BCUT2D eigenvalue weighted by molar-refractivity contribution is 0.0544. The maximum atomic E-state index is 13.2. The van der Waals surface area contributed by atoms with Crippen molar-refractivity contribution in [3.63, 3.8) is 0 Å². The Labute approximate surface area is 225 Å². The topological polar surface area (TPSA) is 111 Å². The smallest absolute Gasteiger partial charge is 0.419 e. The summed E-state index contributed by atoms with van der Waals surface area (Å²) in [6.07, 6.45) is 2.37. The van der Waals surface area contributed by atoms with E-state index in [-0.39, 0.29) is 4.34 Å². The Morgan fingerprint density at radius 3 is 2.45 bits per heavy atom. The number of anilines is 1. The Morgan fingerprint density at radius 1 is 1.05 bits per heavy atom. The molecule has 4 aromatic rings. The summed E-state index contributed by atoms with van der Waals surface area (Å²) in [6.45, 7) is 9.17. The van der Waals surface area contributed by atoms with Gasteiger partial charge in [-0.15, -0.1) is 10.2 Å². The molecule has 0 N–H and O–H groups in total. The molecule has 1 saturated heterocycles. The highest BCUT2D eigenvalue weighted by Gasteiger charge is 2.24. The van der Waals surface area contributed by atoms with Crippen LogP contribution in [0.4, 0.5) is 10.6 Å². The lowest BCUT2D eigenvalue weighted by Crippen LogP contribution is -2.44. The number of aromatic nitrogens is 4. The number of fused-ring (bicyclic) bond motifs is 1. The predicted octanol–water partition coefficient (Wildman–Crippen LogP) is 4.16. The summed E-state index contributed by atoms with van der Waals surface area (Å²) in [5.41, 5.74) is 2.17. The Hall–Kier alpha value is -3.35. The third-order valence-electron chi connectivity index (χ3n) is 6.20. The fourth-order valence-electron chi connectivity index (χ4n) is 4.29. The number of piperazine rings is 1. The second-order valence-electron chi connectivity index (χ2n) is 10.4. The summed E-state index contributed by atoms with van der Waals surface area (Å²) in [5.74, 6) is 0.881. The van der Waals surface area contributed by atoms with Gasteiger partial charge in [0.25, 0.3) is 0 Å². The van der Waals surface area contributed by atoms with Crippen LogP contribution in [-0.4, -0.2) is 84.2 Å². The molecule has 1 aromatic carbocycles. The van der Waals surface area contributed by atoms with E-state index < -0.39 is 21.5 Å². The van der Waals surface area contributed by atoms with Gasteiger partial charge in [-0.1, -0.05) is 17.4 Å². The van der Waals surface area contributed by atoms with Gasteiger partial charge in [0.1, 0.15) is 16.4 Å². The van der Waals surface area contributed by atoms with Crippen molar-refractivity contribution in [3.05, 3.63) is 42.6 Å². The standard InChI is InChI=1S/C26H30N6O4S2/c1-26(2,3)36-25(33)32-16-19(20-7-6-8-22(27-20)31-13-11-30(4)12-14-31)18-15-17(9-10-21(18)32)23-28-29-24(37-23)38(5,34)35/h6-10,15-16H,11-14H2,1-5H3. The Morgan fingerprint density at radius 2 is 1.79 bits per heavy atom. The number of carbonyl (C=O) groups excluding carboxylic acids is 1. The van der Waals surface area contributed by atoms with Gasteiger partial charge in [-0.25, -0.2) is 18.2 Å². The van der Waals surface area contributed by atoms with Crippen molar-refractivity contribution >= 4 is 44.0 Å². The van der Waals surface area contributed by atoms with Gasteiger partial charge in [0.2, 0.25) is 14.2 Å². The number of nitrogens with zero attached hydrogens (tertiary/aromatic N) is 6. The van der Waals surface area contributed by atoms with Gasteiger partial charge in [0.05, 0.1) is 11.2 Å². The molecule has 200 valence electrons. The van der Waals surface area contributed by atoms with Crippen LogP contribution in [0.1, 0.15) is 20.8 Å². The van der Waals surface area contributed by atoms with Gasteiger partial charge < -0.3 is 14.5 Å².